The second-order valence-electron chi connectivity index (χ2n) is 3.99. The van der Waals surface area contributed by atoms with Crippen LogP contribution in [0.5, 0.6) is 0 Å². The summed E-state index contributed by atoms with van der Waals surface area (Å²) in [7, 11) is 1.66. The summed E-state index contributed by atoms with van der Waals surface area (Å²) in [5.74, 6) is -0.0978. The lowest BCUT2D eigenvalue weighted by molar-refractivity contribution is -0.116. The number of rotatable bonds is 2. The van der Waals surface area contributed by atoms with Gasteiger partial charge in [-0.3, -0.25) is 9.78 Å². The van der Waals surface area contributed by atoms with E-state index in [2.05, 4.69) is 10.1 Å². The molecule has 2 rings (SSSR count). The highest BCUT2D eigenvalue weighted by Crippen LogP contribution is 2.25. The van der Waals surface area contributed by atoms with Crippen LogP contribution in [0.1, 0.15) is 12.5 Å². The second kappa shape index (κ2) is 4.78. The summed E-state index contributed by atoms with van der Waals surface area (Å²) in [6, 6.07) is 1.89. The fourth-order valence-corrected chi connectivity index (χ4v) is 1.81. The van der Waals surface area contributed by atoms with Crippen molar-refractivity contribution < 1.29 is 4.79 Å². The van der Waals surface area contributed by atoms with Crippen LogP contribution in [0, 0.1) is 6.92 Å². The van der Waals surface area contributed by atoms with E-state index in [1.165, 1.54) is 11.8 Å². The van der Waals surface area contributed by atoms with E-state index in [1.54, 1.807) is 30.3 Å². The van der Waals surface area contributed by atoms with Gasteiger partial charge >= 0.3 is 0 Å². The number of aryl methyl sites for hydroxylation is 1. The molecular weight excluding hydrogens is 252 g/mol. The molecule has 2 aromatic rings. The fourth-order valence-electron chi connectivity index (χ4n) is 1.56. The average molecular weight is 265 g/mol. The van der Waals surface area contributed by atoms with Crippen molar-refractivity contribution in [2.24, 2.45) is 0 Å². The molecule has 6 heteroatoms. The Balaban J connectivity index is 2.47. The zero-order valence-corrected chi connectivity index (χ0v) is 11.1. The first kappa shape index (κ1) is 12.6. The third-order valence-corrected chi connectivity index (χ3v) is 3.01. The molecule has 0 aliphatic heterocycles. The van der Waals surface area contributed by atoms with Crippen molar-refractivity contribution in [3.63, 3.8) is 0 Å². The molecule has 0 aliphatic carbocycles. The van der Waals surface area contributed by atoms with Gasteiger partial charge in [-0.25, -0.2) is 4.68 Å². The summed E-state index contributed by atoms with van der Waals surface area (Å²) in [4.78, 5) is 16.8. The Morgan fingerprint density at radius 2 is 2.22 bits per heavy atom. The maximum absolute atomic E-state index is 11.3. The largest absolute Gasteiger partial charge is 0.312 e. The number of halogens is 1. The Hall–Kier alpha value is -1.88. The molecule has 0 unspecified atom stereocenters. The van der Waals surface area contributed by atoms with Gasteiger partial charge in [0, 0.05) is 20.2 Å². The molecular formula is C12H13ClN4O. The van der Waals surface area contributed by atoms with Crippen molar-refractivity contribution in [3.05, 3.63) is 35.4 Å². The van der Waals surface area contributed by atoms with Crippen molar-refractivity contribution in [2.45, 2.75) is 13.8 Å². The van der Waals surface area contributed by atoms with E-state index in [9.17, 15) is 4.79 Å². The van der Waals surface area contributed by atoms with Gasteiger partial charge in [-0.15, -0.1) is 0 Å². The van der Waals surface area contributed by atoms with Gasteiger partial charge in [0.1, 0.15) is 5.69 Å². The van der Waals surface area contributed by atoms with Crippen LogP contribution in [0.15, 0.2) is 24.7 Å². The van der Waals surface area contributed by atoms with Crippen molar-refractivity contribution in [1.82, 2.24) is 14.8 Å². The summed E-state index contributed by atoms with van der Waals surface area (Å²) in [5.41, 5.74) is 2.44. The highest BCUT2D eigenvalue weighted by molar-refractivity contribution is 6.32. The highest BCUT2D eigenvalue weighted by atomic mass is 35.5. The predicted molar refractivity (Wildman–Crippen MR) is 70.2 cm³/mol. The topological polar surface area (TPSA) is 51.0 Å². The molecule has 2 aromatic heterocycles. The highest BCUT2D eigenvalue weighted by Gasteiger charge is 2.15. The molecule has 0 N–H and O–H groups in total. The van der Waals surface area contributed by atoms with E-state index in [0.717, 1.165) is 11.3 Å². The smallest absolute Gasteiger partial charge is 0.223 e. The standard InChI is InChI=1S/C12H13ClN4O/c1-8-4-5-14-6-10(8)17-7-11(12(13)15-17)16(3)9(2)18/h4-7H,1-3H3. The van der Waals surface area contributed by atoms with Gasteiger partial charge in [0.2, 0.25) is 5.91 Å². The quantitative estimate of drug-likeness (QED) is 0.836. The number of hydrogen-bond acceptors (Lipinski definition) is 3. The maximum Gasteiger partial charge on any atom is 0.223 e. The average Bonchev–Trinajstić information content (AvgIpc) is 2.70. The zero-order valence-electron chi connectivity index (χ0n) is 10.4. The molecule has 2 heterocycles. The first-order valence-corrected chi connectivity index (χ1v) is 5.79. The molecule has 94 valence electrons. The van der Waals surface area contributed by atoms with Crippen LogP contribution in [0.25, 0.3) is 5.69 Å². The SMILES string of the molecule is CC(=O)N(C)c1cn(-c2cnccc2C)nc1Cl. The molecule has 18 heavy (non-hydrogen) atoms. The maximum atomic E-state index is 11.3. The lowest BCUT2D eigenvalue weighted by atomic mass is 10.2. The van der Waals surface area contributed by atoms with Crippen molar-refractivity contribution >= 4 is 23.2 Å². The molecule has 0 spiro atoms. The number of amides is 1. The molecule has 0 saturated carbocycles. The third kappa shape index (κ3) is 2.22. The Morgan fingerprint density at radius 1 is 1.50 bits per heavy atom. The summed E-state index contributed by atoms with van der Waals surface area (Å²) in [5, 5.41) is 4.48. The number of anilines is 1. The van der Waals surface area contributed by atoms with Gasteiger partial charge in [-0.05, 0) is 18.6 Å². The van der Waals surface area contributed by atoms with E-state index >= 15 is 0 Å². The van der Waals surface area contributed by atoms with E-state index in [-0.39, 0.29) is 11.1 Å². The van der Waals surface area contributed by atoms with Gasteiger partial charge in [-0.2, -0.15) is 5.10 Å². The van der Waals surface area contributed by atoms with Gasteiger partial charge in [-0.1, -0.05) is 11.6 Å². The van der Waals surface area contributed by atoms with Gasteiger partial charge in [0.05, 0.1) is 18.1 Å². The Labute approximate surface area is 110 Å². The number of pyridine rings is 1. The summed E-state index contributed by atoms with van der Waals surface area (Å²) >= 11 is 6.04. The molecule has 5 nitrogen and oxygen atoms in total. The fraction of sp³-hybridized carbons (Fsp3) is 0.250. The molecule has 0 aromatic carbocycles. The number of carbonyl (C=O) groups is 1. The third-order valence-electron chi connectivity index (χ3n) is 2.74. The Morgan fingerprint density at radius 3 is 2.83 bits per heavy atom. The Bertz CT molecular complexity index is 594. The molecule has 0 saturated heterocycles. The minimum atomic E-state index is -0.0978. The number of hydrogen-bond donors (Lipinski definition) is 0. The first-order valence-electron chi connectivity index (χ1n) is 5.41. The molecule has 0 bridgehead atoms. The van der Waals surface area contributed by atoms with Crippen LogP contribution >= 0.6 is 11.6 Å². The van der Waals surface area contributed by atoms with Crippen LogP contribution < -0.4 is 4.90 Å². The zero-order chi connectivity index (χ0) is 13.3. The van der Waals surface area contributed by atoms with Gasteiger partial charge < -0.3 is 4.90 Å². The van der Waals surface area contributed by atoms with Crippen LogP contribution in [-0.4, -0.2) is 27.7 Å². The van der Waals surface area contributed by atoms with Crippen molar-refractivity contribution in [1.29, 1.82) is 0 Å². The normalized spacial score (nSPS) is 10.4. The van der Waals surface area contributed by atoms with Crippen LogP contribution in [0.4, 0.5) is 5.69 Å². The molecule has 1 amide bonds. The van der Waals surface area contributed by atoms with Gasteiger partial charge in [0.25, 0.3) is 0 Å². The first-order chi connectivity index (χ1) is 8.50. The summed E-state index contributed by atoms with van der Waals surface area (Å²) in [6.45, 7) is 3.43. The van der Waals surface area contributed by atoms with Crippen molar-refractivity contribution in [2.75, 3.05) is 11.9 Å². The van der Waals surface area contributed by atoms with E-state index < -0.39 is 0 Å². The minimum absolute atomic E-state index is 0.0978. The lowest BCUT2D eigenvalue weighted by Gasteiger charge is -2.11. The molecule has 0 aliphatic rings. The molecule has 0 radical (unpaired) electrons. The van der Waals surface area contributed by atoms with E-state index in [1.807, 2.05) is 13.0 Å². The lowest BCUT2D eigenvalue weighted by Crippen LogP contribution is -2.22. The molecule has 0 fully saturated rings. The summed E-state index contributed by atoms with van der Waals surface area (Å²) < 4.78 is 1.62. The van der Waals surface area contributed by atoms with Crippen molar-refractivity contribution in [3.8, 4) is 5.69 Å². The minimum Gasteiger partial charge on any atom is -0.312 e. The second-order valence-corrected chi connectivity index (χ2v) is 4.35. The predicted octanol–water partition coefficient (Wildman–Crippen LogP) is 2.21. The van der Waals surface area contributed by atoms with E-state index in [0.29, 0.717) is 5.69 Å². The van der Waals surface area contributed by atoms with Gasteiger partial charge in [0.15, 0.2) is 5.15 Å². The number of nitrogens with zero attached hydrogens (tertiary/aromatic N) is 4. The number of carbonyl (C=O) groups excluding carboxylic acids is 1. The summed E-state index contributed by atoms with van der Waals surface area (Å²) in [6.07, 6.45) is 5.14. The van der Waals surface area contributed by atoms with Crippen LogP contribution in [0.2, 0.25) is 5.15 Å². The van der Waals surface area contributed by atoms with Crippen LogP contribution in [-0.2, 0) is 4.79 Å². The monoisotopic (exact) mass is 264 g/mol. The Kier molecular flexibility index (Phi) is 3.34. The van der Waals surface area contributed by atoms with Crippen LogP contribution in [0.3, 0.4) is 0 Å². The molecule has 0 atom stereocenters. The number of aromatic nitrogens is 3. The van der Waals surface area contributed by atoms with E-state index in [4.69, 9.17) is 11.6 Å².